The first-order valence-electron chi connectivity index (χ1n) is 13.0. The first kappa shape index (κ1) is 29.3. The fourth-order valence-corrected chi connectivity index (χ4v) is 3.85. The Hall–Kier alpha value is -1.78. The average Bonchev–Trinajstić information content (AvgIpc) is 2.79. The minimum absolute atomic E-state index is 0.323. The minimum Gasteiger partial charge on any atom is -0.463 e. The number of halogens is 3. The van der Waals surface area contributed by atoms with Gasteiger partial charge in [0.2, 0.25) is 0 Å². The molecule has 33 heavy (non-hydrogen) atoms. The number of alkyl halides is 3. The van der Waals surface area contributed by atoms with Gasteiger partial charge in [0.15, 0.2) is 0 Å². The smallest absolute Gasteiger partial charge is 0.416 e. The predicted octanol–water partition coefficient (Wildman–Crippen LogP) is 9.52. The second kappa shape index (κ2) is 18.6. The molecule has 0 aliphatic rings. The van der Waals surface area contributed by atoms with Gasteiger partial charge in [-0.05, 0) is 30.2 Å². The molecule has 0 saturated heterocycles. The van der Waals surface area contributed by atoms with Crippen molar-refractivity contribution in [2.45, 2.75) is 116 Å². The van der Waals surface area contributed by atoms with Gasteiger partial charge in [0.25, 0.3) is 0 Å². The molecule has 2 nitrogen and oxygen atoms in total. The molecule has 1 rings (SSSR count). The van der Waals surface area contributed by atoms with Crippen LogP contribution in [0, 0.1) is 0 Å². The van der Waals surface area contributed by atoms with E-state index in [1.807, 2.05) is 0 Å². The van der Waals surface area contributed by atoms with Crippen molar-refractivity contribution in [3.8, 4) is 0 Å². The van der Waals surface area contributed by atoms with Gasteiger partial charge in [0, 0.05) is 6.08 Å². The lowest BCUT2D eigenvalue weighted by Crippen LogP contribution is -2.04. The lowest BCUT2D eigenvalue weighted by molar-refractivity contribution is -0.138. The van der Waals surface area contributed by atoms with E-state index in [9.17, 15) is 18.0 Å². The number of hydrogen-bond donors (Lipinski definition) is 0. The van der Waals surface area contributed by atoms with Crippen LogP contribution in [0.3, 0.4) is 0 Å². The lowest BCUT2D eigenvalue weighted by atomic mass is 10.0. The second-order valence-corrected chi connectivity index (χ2v) is 8.93. The standard InChI is InChI=1S/C28H43F3O2/c1-2-3-4-5-6-7-8-9-10-11-12-13-14-15-16-17-23-33-27(32)22-21-25-19-18-20-26(24-25)28(29,30)31/h18-22,24H,2-17,23H2,1H3/b22-21+. The number of ether oxygens (including phenoxy) is 1. The summed E-state index contributed by atoms with van der Waals surface area (Å²) >= 11 is 0. The van der Waals surface area contributed by atoms with Gasteiger partial charge in [0.1, 0.15) is 0 Å². The maximum absolute atomic E-state index is 12.7. The van der Waals surface area contributed by atoms with Gasteiger partial charge in [0.05, 0.1) is 12.2 Å². The van der Waals surface area contributed by atoms with Gasteiger partial charge >= 0.3 is 12.1 Å². The van der Waals surface area contributed by atoms with Crippen LogP contribution in [-0.4, -0.2) is 12.6 Å². The van der Waals surface area contributed by atoms with Crippen LogP contribution < -0.4 is 0 Å². The van der Waals surface area contributed by atoms with Gasteiger partial charge in [-0.1, -0.05) is 115 Å². The number of esters is 1. The van der Waals surface area contributed by atoms with Crippen molar-refractivity contribution in [1.82, 2.24) is 0 Å². The molecule has 0 spiro atoms. The Morgan fingerprint density at radius 1 is 0.788 bits per heavy atom. The highest BCUT2D eigenvalue weighted by molar-refractivity contribution is 5.87. The molecule has 0 radical (unpaired) electrons. The molecule has 0 saturated carbocycles. The van der Waals surface area contributed by atoms with Gasteiger partial charge in [-0.25, -0.2) is 4.79 Å². The van der Waals surface area contributed by atoms with Gasteiger partial charge in [-0.2, -0.15) is 13.2 Å². The largest absolute Gasteiger partial charge is 0.463 e. The molecule has 0 amide bonds. The Bertz CT molecular complexity index is 653. The first-order chi connectivity index (χ1) is 15.9. The summed E-state index contributed by atoms with van der Waals surface area (Å²) in [4.78, 5) is 11.7. The summed E-state index contributed by atoms with van der Waals surface area (Å²) in [7, 11) is 0. The molecule has 0 aliphatic heterocycles. The van der Waals surface area contributed by atoms with Crippen LogP contribution in [0.1, 0.15) is 121 Å². The number of carbonyl (C=O) groups is 1. The summed E-state index contributed by atoms with van der Waals surface area (Å²) in [6.45, 7) is 2.61. The van der Waals surface area contributed by atoms with Crippen LogP contribution >= 0.6 is 0 Å². The minimum atomic E-state index is -4.39. The molecule has 0 fully saturated rings. The topological polar surface area (TPSA) is 26.3 Å². The first-order valence-corrected chi connectivity index (χ1v) is 13.0. The predicted molar refractivity (Wildman–Crippen MR) is 131 cm³/mol. The van der Waals surface area contributed by atoms with E-state index in [1.165, 1.54) is 108 Å². The molecule has 0 aromatic heterocycles. The zero-order valence-corrected chi connectivity index (χ0v) is 20.4. The van der Waals surface area contributed by atoms with Gasteiger partial charge in [-0.15, -0.1) is 0 Å². The third-order valence-corrected chi connectivity index (χ3v) is 5.87. The molecular weight excluding hydrogens is 425 g/mol. The molecule has 0 bridgehead atoms. The van der Waals surface area contributed by atoms with E-state index < -0.39 is 17.7 Å². The maximum Gasteiger partial charge on any atom is 0.416 e. The van der Waals surface area contributed by atoms with Gasteiger partial charge in [-0.3, -0.25) is 0 Å². The fraction of sp³-hybridized carbons (Fsp3) is 0.679. The zero-order valence-electron chi connectivity index (χ0n) is 20.4. The summed E-state index contributed by atoms with van der Waals surface area (Å²) in [6.07, 6.45) is 18.7. The van der Waals surface area contributed by atoms with E-state index in [0.29, 0.717) is 12.2 Å². The summed E-state index contributed by atoms with van der Waals surface area (Å²) in [5, 5.41) is 0. The van der Waals surface area contributed by atoms with E-state index in [4.69, 9.17) is 4.74 Å². The number of carbonyl (C=O) groups excluding carboxylic acids is 1. The third-order valence-electron chi connectivity index (χ3n) is 5.87. The SMILES string of the molecule is CCCCCCCCCCCCCCCCCCOC(=O)/C=C/c1cccc(C(F)(F)F)c1. The molecule has 5 heteroatoms. The molecule has 1 aromatic rings. The second-order valence-electron chi connectivity index (χ2n) is 8.93. The van der Waals surface area contributed by atoms with Crippen molar-refractivity contribution in [1.29, 1.82) is 0 Å². The Morgan fingerprint density at radius 2 is 1.27 bits per heavy atom. The summed E-state index contributed by atoms with van der Waals surface area (Å²) in [5.74, 6) is -0.520. The van der Waals surface area contributed by atoms with E-state index in [2.05, 4.69) is 6.92 Å². The van der Waals surface area contributed by atoms with Crippen molar-refractivity contribution >= 4 is 12.0 Å². The van der Waals surface area contributed by atoms with Crippen LogP contribution in [0.25, 0.3) is 6.08 Å². The summed E-state index contributed by atoms with van der Waals surface area (Å²) in [5.41, 5.74) is -0.407. The molecule has 188 valence electrons. The van der Waals surface area contributed by atoms with E-state index >= 15 is 0 Å². The van der Waals surface area contributed by atoms with E-state index in [0.717, 1.165) is 31.4 Å². The van der Waals surface area contributed by atoms with Crippen molar-refractivity contribution in [3.63, 3.8) is 0 Å². The maximum atomic E-state index is 12.7. The van der Waals surface area contributed by atoms with Crippen molar-refractivity contribution in [2.75, 3.05) is 6.61 Å². The van der Waals surface area contributed by atoms with Crippen molar-refractivity contribution in [3.05, 3.63) is 41.5 Å². The quantitative estimate of drug-likeness (QED) is 0.115. The van der Waals surface area contributed by atoms with Crippen LogP contribution in [0.15, 0.2) is 30.3 Å². The average molecular weight is 469 g/mol. The number of unbranched alkanes of at least 4 members (excludes halogenated alkanes) is 15. The lowest BCUT2D eigenvalue weighted by Gasteiger charge is -2.06. The highest BCUT2D eigenvalue weighted by Crippen LogP contribution is 2.29. The fourth-order valence-electron chi connectivity index (χ4n) is 3.85. The Morgan fingerprint density at radius 3 is 1.76 bits per heavy atom. The summed E-state index contributed by atoms with van der Waals surface area (Å²) in [6, 6.07) is 4.87. The van der Waals surface area contributed by atoms with Crippen LogP contribution in [0.2, 0.25) is 0 Å². The number of rotatable bonds is 19. The van der Waals surface area contributed by atoms with E-state index in [-0.39, 0.29) is 0 Å². The van der Waals surface area contributed by atoms with E-state index in [1.54, 1.807) is 0 Å². The molecule has 1 aromatic carbocycles. The molecule has 0 heterocycles. The highest BCUT2D eigenvalue weighted by atomic mass is 19.4. The van der Waals surface area contributed by atoms with Crippen LogP contribution in [0.4, 0.5) is 13.2 Å². The molecule has 0 aliphatic carbocycles. The molecule has 0 N–H and O–H groups in total. The Kier molecular flexibility index (Phi) is 16.5. The monoisotopic (exact) mass is 468 g/mol. The van der Waals surface area contributed by atoms with Crippen LogP contribution in [-0.2, 0) is 15.7 Å². The molecule has 0 unspecified atom stereocenters. The summed E-state index contributed by atoms with van der Waals surface area (Å²) < 4.78 is 43.2. The zero-order chi connectivity index (χ0) is 24.2. The highest BCUT2D eigenvalue weighted by Gasteiger charge is 2.30. The van der Waals surface area contributed by atoms with Crippen molar-refractivity contribution in [2.24, 2.45) is 0 Å². The number of hydrogen-bond acceptors (Lipinski definition) is 2. The normalized spacial score (nSPS) is 11.9. The third kappa shape index (κ3) is 16.5. The number of benzene rings is 1. The van der Waals surface area contributed by atoms with Crippen molar-refractivity contribution < 1.29 is 22.7 Å². The van der Waals surface area contributed by atoms with Gasteiger partial charge < -0.3 is 4.74 Å². The molecule has 0 atom stereocenters. The Balaban J connectivity index is 1.93. The van der Waals surface area contributed by atoms with Crippen LogP contribution in [0.5, 0.6) is 0 Å². The Labute approximate surface area is 199 Å². The molecular formula is C28H43F3O2.